The Balaban J connectivity index is 2.30. The van der Waals surface area contributed by atoms with Gasteiger partial charge < -0.3 is 5.32 Å². The highest BCUT2D eigenvalue weighted by molar-refractivity contribution is 5.93. The molecule has 0 spiro atoms. The molecule has 2 heteroatoms. The molecule has 0 saturated heterocycles. The fraction of sp³-hybridized carbons (Fsp3) is 0.118. The maximum atomic E-state index is 11.5. The molecule has 0 unspecified atom stereocenters. The van der Waals surface area contributed by atoms with Crippen molar-refractivity contribution in [1.82, 2.24) is 5.32 Å². The molecule has 1 N–H and O–H groups in total. The number of hydrogen-bond acceptors (Lipinski definition) is 1. The highest BCUT2D eigenvalue weighted by atomic mass is 16.1. The first kappa shape index (κ1) is 13.1. The van der Waals surface area contributed by atoms with Gasteiger partial charge in [-0.3, -0.25) is 4.79 Å². The molecular formula is C17H17NO. The SMILES string of the molecule is CCNC(=O)/C=C/c1ccccc1-c1ccccc1. The van der Waals surface area contributed by atoms with E-state index >= 15 is 0 Å². The first-order valence-electron chi connectivity index (χ1n) is 6.41. The van der Waals surface area contributed by atoms with Crippen LogP contribution in [0.15, 0.2) is 60.7 Å². The third-order valence-corrected chi connectivity index (χ3v) is 2.81. The van der Waals surface area contributed by atoms with Crippen molar-refractivity contribution in [2.75, 3.05) is 6.54 Å². The second-order valence-corrected chi connectivity index (χ2v) is 4.18. The van der Waals surface area contributed by atoms with E-state index in [0.29, 0.717) is 6.54 Å². The number of hydrogen-bond donors (Lipinski definition) is 1. The zero-order valence-electron chi connectivity index (χ0n) is 11.0. The van der Waals surface area contributed by atoms with Gasteiger partial charge in [-0.25, -0.2) is 0 Å². The minimum Gasteiger partial charge on any atom is -0.353 e. The maximum Gasteiger partial charge on any atom is 0.243 e. The molecule has 2 nitrogen and oxygen atoms in total. The van der Waals surface area contributed by atoms with Crippen LogP contribution in [0.1, 0.15) is 12.5 Å². The fourth-order valence-corrected chi connectivity index (χ4v) is 1.92. The third-order valence-electron chi connectivity index (χ3n) is 2.81. The van der Waals surface area contributed by atoms with E-state index in [1.165, 1.54) is 0 Å². The Morgan fingerprint density at radius 1 is 1.05 bits per heavy atom. The number of amides is 1. The van der Waals surface area contributed by atoms with Crippen molar-refractivity contribution in [1.29, 1.82) is 0 Å². The molecule has 0 saturated carbocycles. The van der Waals surface area contributed by atoms with E-state index in [9.17, 15) is 4.79 Å². The highest BCUT2D eigenvalue weighted by Gasteiger charge is 2.01. The van der Waals surface area contributed by atoms with Crippen LogP contribution in [0.25, 0.3) is 17.2 Å². The minimum atomic E-state index is -0.0645. The Morgan fingerprint density at radius 3 is 2.47 bits per heavy atom. The van der Waals surface area contributed by atoms with Crippen molar-refractivity contribution in [3.8, 4) is 11.1 Å². The smallest absolute Gasteiger partial charge is 0.243 e. The van der Waals surface area contributed by atoms with Crippen molar-refractivity contribution in [3.63, 3.8) is 0 Å². The van der Waals surface area contributed by atoms with Crippen LogP contribution in [0.4, 0.5) is 0 Å². The molecule has 0 aromatic heterocycles. The van der Waals surface area contributed by atoms with E-state index in [4.69, 9.17) is 0 Å². The van der Waals surface area contributed by atoms with Crippen LogP contribution in [-0.4, -0.2) is 12.5 Å². The molecule has 0 aliphatic heterocycles. The topological polar surface area (TPSA) is 29.1 Å². The zero-order valence-corrected chi connectivity index (χ0v) is 11.0. The summed E-state index contributed by atoms with van der Waals surface area (Å²) in [7, 11) is 0. The largest absolute Gasteiger partial charge is 0.353 e. The van der Waals surface area contributed by atoms with Crippen molar-refractivity contribution in [3.05, 3.63) is 66.2 Å². The molecule has 0 bridgehead atoms. The van der Waals surface area contributed by atoms with Crippen LogP contribution in [-0.2, 0) is 4.79 Å². The van der Waals surface area contributed by atoms with Crippen molar-refractivity contribution >= 4 is 12.0 Å². The average Bonchev–Trinajstić information content (AvgIpc) is 2.47. The van der Waals surface area contributed by atoms with E-state index in [-0.39, 0.29) is 5.91 Å². The molecule has 2 aromatic carbocycles. The molecule has 0 fully saturated rings. The Bertz CT molecular complexity index is 573. The normalized spacial score (nSPS) is 10.6. The van der Waals surface area contributed by atoms with E-state index < -0.39 is 0 Å². The summed E-state index contributed by atoms with van der Waals surface area (Å²) in [6.45, 7) is 2.55. The predicted molar refractivity (Wildman–Crippen MR) is 79.6 cm³/mol. The van der Waals surface area contributed by atoms with E-state index in [1.807, 2.05) is 49.4 Å². The molecule has 2 rings (SSSR count). The van der Waals surface area contributed by atoms with Gasteiger partial charge in [-0.15, -0.1) is 0 Å². The van der Waals surface area contributed by atoms with Crippen LogP contribution in [0.5, 0.6) is 0 Å². The Hall–Kier alpha value is -2.35. The third kappa shape index (κ3) is 3.55. The maximum absolute atomic E-state index is 11.5. The monoisotopic (exact) mass is 251 g/mol. The molecule has 1 amide bonds. The summed E-state index contributed by atoms with van der Waals surface area (Å²) in [6.07, 6.45) is 3.43. The fourth-order valence-electron chi connectivity index (χ4n) is 1.92. The number of benzene rings is 2. The molecule has 0 radical (unpaired) electrons. The molecule has 2 aromatic rings. The molecular weight excluding hydrogens is 234 g/mol. The number of nitrogens with one attached hydrogen (secondary N) is 1. The molecule has 0 heterocycles. The van der Waals surface area contributed by atoms with Crippen molar-refractivity contribution in [2.45, 2.75) is 6.92 Å². The summed E-state index contributed by atoms with van der Waals surface area (Å²) in [4.78, 5) is 11.5. The second-order valence-electron chi connectivity index (χ2n) is 4.18. The van der Waals surface area contributed by atoms with Crippen LogP contribution < -0.4 is 5.32 Å². The lowest BCUT2D eigenvalue weighted by Gasteiger charge is -2.06. The minimum absolute atomic E-state index is 0.0645. The summed E-state index contributed by atoms with van der Waals surface area (Å²) >= 11 is 0. The van der Waals surface area contributed by atoms with Crippen molar-refractivity contribution < 1.29 is 4.79 Å². The molecule has 0 aliphatic carbocycles. The van der Waals surface area contributed by atoms with Crippen LogP contribution in [0.2, 0.25) is 0 Å². The summed E-state index contributed by atoms with van der Waals surface area (Å²) in [6, 6.07) is 18.2. The summed E-state index contributed by atoms with van der Waals surface area (Å²) in [5.74, 6) is -0.0645. The van der Waals surface area contributed by atoms with Gasteiger partial charge in [-0.1, -0.05) is 54.6 Å². The molecule has 0 aliphatic rings. The Kier molecular flexibility index (Phi) is 4.51. The van der Waals surface area contributed by atoms with E-state index in [0.717, 1.165) is 16.7 Å². The number of rotatable bonds is 4. The summed E-state index contributed by atoms with van der Waals surface area (Å²) in [5, 5.41) is 2.75. The number of carbonyl (C=O) groups is 1. The second kappa shape index (κ2) is 6.55. The molecule has 0 atom stereocenters. The quantitative estimate of drug-likeness (QED) is 0.828. The van der Waals surface area contributed by atoms with Gasteiger partial charge in [0.25, 0.3) is 0 Å². The molecule has 96 valence electrons. The van der Waals surface area contributed by atoms with Gasteiger partial charge in [0.2, 0.25) is 5.91 Å². The van der Waals surface area contributed by atoms with Gasteiger partial charge in [-0.2, -0.15) is 0 Å². The first-order valence-corrected chi connectivity index (χ1v) is 6.41. The lowest BCUT2D eigenvalue weighted by molar-refractivity contribution is -0.116. The summed E-state index contributed by atoms with van der Waals surface area (Å²) < 4.78 is 0. The van der Waals surface area contributed by atoms with Gasteiger partial charge in [-0.05, 0) is 29.7 Å². The van der Waals surface area contributed by atoms with Crippen LogP contribution in [0.3, 0.4) is 0 Å². The Morgan fingerprint density at radius 2 is 1.74 bits per heavy atom. The average molecular weight is 251 g/mol. The number of likely N-dealkylation sites (N-methyl/N-ethyl adjacent to an activating group) is 1. The standard InChI is InChI=1S/C17H17NO/c1-2-18-17(19)13-12-15-10-6-7-11-16(15)14-8-4-3-5-9-14/h3-13H,2H2,1H3,(H,18,19)/b13-12+. The van der Waals surface area contributed by atoms with E-state index in [1.54, 1.807) is 6.08 Å². The zero-order chi connectivity index (χ0) is 13.5. The van der Waals surface area contributed by atoms with Crippen molar-refractivity contribution in [2.24, 2.45) is 0 Å². The van der Waals surface area contributed by atoms with Gasteiger partial charge in [0.15, 0.2) is 0 Å². The van der Waals surface area contributed by atoms with Gasteiger partial charge >= 0.3 is 0 Å². The number of carbonyl (C=O) groups excluding carboxylic acids is 1. The lowest BCUT2D eigenvalue weighted by atomic mass is 9.99. The summed E-state index contributed by atoms with van der Waals surface area (Å²) in [5.41, 5.74) is 3.32. The Labute approximate surface area is 113 Å². The van der Waals surface area contributed by atoms with Gasteiger partial charge in [0.1, 0.15) is 0 Å². The molecule has 19 heavy (non-hydrogen) atoms. The first-order chi connectivity index (χ1) is 9.31. The van der Waals surface area contributed by atoms with Crippen LogP contribution >= 0.6 is 0 Å². The predicted octanol–water partition coefficient (Wildman–Crippen LogP) is 3.50. The van der Waals surface area contributed by atoms with Gasteiger partial charge in [0, 0.05) is 12.6 Å². The van der Waals surface area contributed by atoms with Gasteiger partial charge in [0.05, 0.1) is 0 Å². The highest BCUT2D eigenvalue weighted by Crippen LogP contribution is 2.24. The van der Waals surface area contributed by atoms with E-state index in [2.05, 4.69) is 23.5 Å². The van der Waals surface area contributed by atoms with Crippen LogP contribution in [0, 0.1) is 0 Å². The lowest BCUT2D eigenvalue weighted by Crippen LogP contribution is -2.19.